The van der Waals surface area contributed by atoms with Crippen molar-refractivity contribution in [2.45, 2.75) is 25.3 Å². The van der Waals surface area contributed by atoms with Gasteiger partial charge in [-0.05, 0) is 25.5 Å². The van der Waals surface area contributed by atoms with Crippen LogP contribution in [0.1, 0.15) is 19.3 Å². The Morgan fingerprint density at radius 1 is 1.36 bits per heavy atom. The highest BCUT2D eigenvalue weighted by molar-refractivity contribution is 4.81. The minimum absolute atomic E-state index is 0.165. The summed E-state index contributed by atoms with van der Waals surface area (Å²) in [6.45, 7) is 8.17. The molecule has 1 atom stereocenters. The normalized spacial score (nSPS) is 12.1. The molecule has 0 fully saturated rings. The monoisotopic (exact) mass is 154 g/mol. The second-order valence-electron chi connectivity index (χ2n) is 2.55. The fourth-order valence-corrected chi connectivity index (χ4v) is 0.827. The number of hydrogen-bond acceptors (Lipinski definition) is 2. The fraction of sp³-hybridized carbons (Fsp3) is 0.556. The summed E-state index contributed by atoms with van der Waals surface area (Å²) >= 11 is 0. The van der Waals surface area contributed by atoms with Crippen LogP contribution in [0, 0.1) is 0 Å². The molecule has 0 bridgehead atoms. The molecule has 0 amide bonds. The van der Waals surface area contributed by atoms with Crippen LogP contribution in [0.25, 0.3) is 0 Å². The molecule has 3 N–H and O–H groups in total. The zero-order valence-corrected chi connectivity index (χ0v) is 7.05. The van der Waals surface area contributed by atoms with E-state index in [0.29, 0.717) is 0 Å². The number of nitrogens with two attached hydrogens (primary N) is 1. The first kappa shape index (κ1) is 10.2. The second kappa shape index (κ2) is 7.35. The van der Waals surface area contributed by atoms with Crippen LogP contribution in [-0.2, 0) is 0 Å². The standard InChI is InChI=1S/C9H18N2/c1-3-9(10)7-5-6-8-11-4-2/h3-4,9,11H,1-2,5-8,10H2. The van der Waals surface area contributed by atoms with E-state index in [9.17, 15) is 0 Å². The van der Waals surface area contributed by atoms with Crippen molar-refractivity contribution < 1.29 is 0 Å². The van der Waals surface area contributed by atoms with E-state index in [2.05, 4.69) is 18.5 Å². The zero-order chi connectivity index (χ0) is 8.53. The van der Waals surface area contributed by atoms with Crippen molar-refractivity contribution in [3.63, 3.8) is 0 Å². The van der Waals surface area contributed by atoms with Crippen LogP contribution in [0.3, 0.4) is 0 Å². The highest BCUT2D eigenvalue weighted by atomic mass is 14.8. The third kappa shape index (κ3) is 7.13. The lowest BCUT2D eigenvalue weighted by Crippen LogP contribution is -2.16. The summed E-state index contributed by atoms with van der Waals surface area (Å²) in [6, 6.07) is 0.165. The van der Waals surface area contributed by atoms with E-state index >= 15 is 0 Å². The molecule has 0 aromatic rings. The van der Waals surface area contributed by atoms with Crippen molar-refractivity contribution in [3.05, 3.63) is 25.4 Å². The first-order valence-electron chi connectivity index (χ1n) is 4.03. The molecule has 0 radical (unpaired) electrons. The highest BCUT2D eigenvalue weighted by Crippen LogP contribution is 1.97. The molecule has 0 saturated carbocycles. The molecule has 0 aliphatic carbocycles. The van der Waals surface area contributed by atoms with E-state index in [1.54, 1.807) is 12.3 Å². The van der Waals surface area contributed by atoms with Crippen LogP contribution in [0.5, 0.6) is 0 Å². The van der Waals surface area contributed by atoms with Gasteiger partial charge in [0.15, 0.2) is 0 Å². The third-order valence-corrected chi connectivity index (χ3v) is 1.56. The lowest BCUT2D eigenvalue weighted by molar-refractivity contribution is 0.617. The van der Waals surface area contributed by atoms with Crippen molar-refractivity contribution in [1.29, 1.82) is 0 Å². The molecule has 2 nitrogen and oxygen atoms in total. The summed E-state index contributed by atoms with van der Waals surface area (Å²) in [7, 11) is 0. The fourth-order valence-electron chi connectivity index (χ4n) is 0.827. The van der Waals surface area contributed by atoms with Gasteiger partial charge in [0.1, 0.15) is 0 Å². The van der Waals surface area contributed by atoms with Crippen molar-refractivity contribution in [1.82, 2.24) is 5.32 Å². The van der Waals surface area contributed by atoms with Crippen LogP contribution in [0.4, 0.5) is 0 Å². The predicted molar refractivity (Wildman–Crippen MR) is 50.2 cm³/mol. The highest BCUT2D eigenvalue weighted by Gasteiger charge is 1.94. The zero-order valence-electron chi connectivity index (χ0n) is 7.05. The summed E-state index contributed by atoms with van der Waals surface area (Å²) in [6.07, 6.45) is 6.83. The first-order chi connectivity index (χ1) is 5.31. The first-order valence-corrected chi connectivity index (χ1v) is 4.03. The Labute approximate surface area is 69.2 Å². The predicted octanol–water partition coefficient (Wildman–Crippen LogP) is 1.40. The third-order valence-electron chi connectivity index (χ3n) is 1.56. The van der Waals surface area contributed by atoms with E-state index in [1.807, 2.05) is 0 Å². The maximum Gasteiger partial charge on any atom is 0.0221 e. The van der Waals surface area contributed by atoms with Crippen LogP contribution in [0.2, 0.25) is 0 Å². The van der Waals surface area contributed by atoms with Gasteiger partial charge in [0.25, 0.3) is 0 Å². The molecule has 0 aliphatic rings. The quantitative estimate of drug-likeness (QED) is 0.430. The Morgan fingerprint density at radius 3 is 2.64 bits per heavy atom. The maximum absolute atomic E-state index is 5.63. The molecule has 1 unspecified atom stereocenters. The minimum Gasteiger partial charge on any atom is -0.391 e. The number of unbranched alkanes of at least 4 members (excludes halogenated alkanes) is 1. The molecule has 0 aromatic carbocycles. The molecule has 0 heterocycles. The Morgan fingerprint density at radius 2 is 2.09 bits per heavy atom. The van der Waals surface area contributed by atoms with Crippen molar-refractivity contribution >= 4 is 0 Å². The molecule has 64 valence electrons. The Bertz CT molecular complexity index is 110. The van der Waals surface area contributed by atoms with E-state index in [0.717, 1.165) is 25.8 Å². The van der Waals surface area contributed by atoms with Crippen LogP contribution in [0.15, 0.2) is 25.4 Å². The maximum atomic E-state index is 5.63. The van der Waals surface area contributed by atoms with Gasteiger partial charge in [-0.1, -0.05) is 12.7 Å². The van der Waals surface area contributed by atoms with Gasteiger partial charge in [0.2, 0.25) is 0 Å². The van der Waals surface area contributed by atoms with E-state index in [4.69, 9.17) is 5.73 Å². The van der Waals surface area contributed by atoms with Gasteiger partial charge in [0.05, 0.1) is 0 Å². The lowest BCUT2D eigenvalue weighted by Gasteiger charge is -2.04. The molecule has 0 saturated heterocycles. The molecule has 0 aliphatic heterocycles. The summed E-state index contributed by atoms with van der Waals surface area (Å²) in [4.78, 5) is 0. The largest absolute Gasteiger partial charge is 0.391 e. The molecular weight excluding hydrogens is 136 g/mol. The number of nitrogens with one attached hydrogen (secondary N) is 1. The van der Waals surface area contributed by atoms with Gasteiger partial charge in [-0.25, -0.2) is 0 Å². The van der Waals surface area contributed by atoms with Crippen molar-refractivity contribution in [2.75, 3.05) is 6.54 Å². The Balaban J connectivity index is 3.01. The number of hydrogen-bond donors (Lipinski definition) is 2. The summed E-state index contributed by atoms with van der Waals surface area (Å²) in [5.74, 6) is 0. The molecule has 0 spiro atoms. The SMILES string of the molecule is C=CNCCCCC(N)C=C. The van der Waals surface area contributed by atoms with Crippen molar-refractivity contribution in [3.8, 4) is 0 Å². The average Bonchev–Trinajstić information content (AvgIpc) is 2.04. The van der Waals surface area contributed by atoms with Gasteiger partial charge in [-0.2, -0.15) is 0 Å². The summed E-state index contributed by atoms with van der Waals surface area (Å²) in [5, 5.41) is 3.04. The Hall–Kier alpha value is -0.760. The average molecular weight is 154 g/mol. The van der Waals surface area contributed by atoms with Gasteiger partial charge >= 0.3 is 0 Å². The van der Waals surface area contributed by atoms with E-state index < -0.39 is 0 Å². The summed E-state index contributed by atoms with van der Waals surface area (Å²) < 4.78 is 0. The van der Waals surface area contributed by atoms with Crippen LogP contribution in [-0.4, -0.2) is 12.6 Å². The molecular formula is C9H18N2. The summed E-state index contributed by atoms with van der Waals surface area (Å²) in [5.41, 5.74) is 5.63. The Kier molecular flexibility index (Phi) is 6.84. The van der Waals surface area contributed by atoms with E-state index in [1.165, 1.54) is 0 Å². The smallest absolute Gasteiger partial charge is 0.0221 e. The van der Waals surface area contributed by atoms with Gasteiger partial charge in [0, 0.05) is 12.6 Å². The second-order valence-corrected chi connectivity index (χ2v) is 2.55. The molecule has 2 heteroatoms. The van der Waals surface area contributed by atoms with E-state index in [-0.39, 0.29) is 6.04 Å². The topological polar surface area (TPSA) is 38.0 Å². The van der Waals surface area contributed by atoms with Crippen molar-refractivity contribution in [2.24, 2.45) is 5.73 Å². The molecule has 0 aromatic heterocycles. The molecule has 11 heavy (non-hydrogen) atoms. The lowest BCUT2D eigenvalue weighted by atomic mass is 10.1. The van der Waals surface area contributed by atoms with Gasteiger partial charge in [-0.15, -0.1) is 6.58 Å². The van der Waals surface area contributed by atoms with Gasteiger partial charge in [-0.3, -0.25) is 0 Å². The van der Waals surface area contributed by atoms with Crippen LogP contribution >= 0.6 is 0 Å². The molecule has 0 rings (SSSR count). The van der Waals surface area contributed by atoms with Crippen LogP contribution < -0.4 is 11.1 Å². The number of rotatable bonds is 7. The van der Waals surface area contributed by atoms with Gasteiger partial charge < -0.3 is 11.1 Å². The minimum atomic E-state index is 0.165.